The Morgan fingerprint density at radius 2 is 1.83 bits per heavy atom. The summed E-state index contributed by atoms with van der Waals surface area (Å²) in [5.74, 6) is 0.547. The number of hydrogen-bond donors (Lipinski definition) is 1. The Bertz CT molecular complexity index is 1160. The van der Waals surface area contributed by atoms with Gasteiger partial charge in [-0.3, -0.25) is 4.72 Å². The molecule has 0 aromatic heterocycles. The molecule has 0 unspecified atom stereocenters. The molecule has 3 rings (SSSR count). The predicted octanol–water partition coefficient (Wildman–Crippen LogP) is 2.96. The largest absolute Gasteiger partial charge is 0.494 e. The molecule has 1 aliphatic rings. The summed E-state index contributed by atoms with van der Waals surface area (Å²) >= 11 is 0. The average molecular weight is 452 g/mol. The highest BCUT2D eigenvalue weighted by atomic mass is 32.2. The van der Waals surface area contributed by atoms with Crippen LogP contribution in [0, 0.1) is 0 Å². The van der Waals surface area contributed by atoms with E-state index in [2.05, 4.69) is 9.82 Å². The Morgan fingerprint density at radius 1 is 1.10 bits per heavy atom. The zero-order valence-corrected chi connectivity index (χ0v) is 18.7. The molecule has 8 nitrogen and oxygen atoms in total. The van der Waals surface area contributed by atoms with Crippen molar-refractivity contribution in [2.45, 2.75) is 26.3 Å². The van der Waals surface area contributed by atoms with E-state index in [0.717, 1.165) is 16.2 Å². The van der Waals surface area contributed by atoms with Gasteiger partial charge in [0.25, 0.3) is 0 Å². The van der Waals surface area contributed by atoms with Crippen LogP contribution >= 0.6 is 0 Å². The fraction of sp³-hybridized carbons (Fsp3) is 0.350. The number of benzene rings is 2. The molecule has 0 saturated carbocycles. The van der Waals surface area contributed by atoms with Crippen LogP contribution in [0.25, 0.3) is 0 Å². The summed E-state index contributed by atoms with van der Waals surface area (Å²) in [4.78, 5) is 0. The Morgan fingerprint density at radius 3 is 2.50 bits per heavy atom. The van der Waals surface area contributed by atoms with Gasteiger partial charge in [0, 0.05) is 12.0 Å². The van der Waals surface area contributed by atoms with Crippen molar-refractivity contribution in [3.63, 3.8) is 0 Å². The minimum Gasteiger partial charge on any atom is -0.494 e. The monoisotopic (exact) mass is 451 g/mol. The number of sulfonamides is 2. The van der Waals surface area contributed by atoms with E-state index < -0.39 is 26.1 Å². The minimum atomic E-state index is -3.64. The first kappa shape index (κ1) is 22.1. The fourth-order valence-corrected chi connectivity index (χ4v) is 4.94. The molecule has 1 atom stereocenters. The van der Waals surface area contributed by atoms with Gasteiger partial charge in [0.1, 0.15) is 5.75 Å². The van der Waals surface area contributed by atoms with Gasteiger partial charge in [-0.1, -0.05) is 30.3 Å². The smallest absolute Gasteiger partial charge is 0.250 e. The second-order valence-corrected chi connectivity index (χ2v) is 10.7. The third-order valence-corrected chi connectivity index (χ3v) is 6.84. The van der Waals surface area contributed by atoms with E-state index in [1.54, 1.807) is 31.2 Å². The molecular weight excluding hydrogens is 426 g/mol. The van der Waals surface area contributed by atoms with Gasteiger partial charge in [-0.15, -0.1) is 0 Å². The molecule has 0 saturated heterocycles. The normalized spacial score (nSPS) is 17.0. The van der Waals surface area contributed by atoms with Crippen molar-refractivity contribution in [2.24, 2.45) is 5.10 Å². The van der Waals surface area contributed by atoms with Crippen molar-refractivity contribution < 1.29 is 21.6 Å². The number of nitrogens with zero attached hydrogens (tertiary/aromatic N) is 2. The van der Waals surface area contributed by atoms with E-state index in [0.29, 0.717) is 35.7 Å². The molecule has 1 N–H and O–H groups in total. The van der Waals surface area contributed by atoms with Crippen LogP contribution in [0.5, 0.6) is 5.75 Å². The number of ether oxygens (including phenoxy) is 1. The van der Waals surface area contributed by atoms with E-state index in [-0.39, 0.29) is 5.75 Å². The quantitative estimate of drug-likeness (QED) is 0.664. The first-order chi connectivity index (χ1) is 14.1. The van der Waals surface area contributed by atoms with Crippen LogP contribution < -0.4 is 9.46 Å². The number of hydrogen-bond acceptors (Lipinski definition) is 6. The summed E-state index contributed by atoms with van der Waals surface area (Å²) in [5.41, 5.74) is 2.15. The summed E-state index contributed by atoms with van der Waals surface area (Å²) in [5, 5.41) is 4.41. The first-order valence-corrected chi connectivity index (χ1v) is 13.0. The van der Waals surface area contributed by atoms with Crippen LogP contribution in [0.15, 0.2) is 53.6 Å². The summed E-state index contributed by atoms with van der Waals surface area (Å²) in [7, 11) is -7.15. The van der Waals surface area contributed by atoms with Crippen molar-refractivity contribution in [3.05, 3.63) is 59.7 Å². The SMILES string of the molecule is CCOc1cccc([C@@H]2CC(c3ccccc3NS(C)(=O)=O)=NN2S(=O)(=O)CC)c1. The van der Waals surface area contributed by atoms with Gasteiger partial charge in [-0.2, -0.15) is 9.52 Å². The zero-order valence-electron chi connectivity index (χ0n) is 17.1. The van der Waals surface area contributed by atoms with Crippen molar-refractivity contribution in [1.29, 1.82) is 0 Å². The van der Waals surface area contributed by atoms with Gasteiger partial charge in [0.15, 0.2) is 0 Å². The molecule has 0 bridgehead atoms. The van der Waals surface area contributed by atoms with Crippen LogP contribution in [0.3, 0.4) is 0 Å². The summed E-state index contributed by atoms with van der Waals surface area (Å²) in [6.07, 6.45) is 1.37. The molecule has 0 aliphatic carbocycles. The molecule has 2 aromatic rings. The molecular formula is C20H25N3O5S2. The van der Waals surface area contributed by atoms with Gasteiger partial charge < -0.3 is 4.74 Å². The third kappa shape index (κ3) is 4.93. The number of rotatable bonds is 8. The molecule has 10 heteroatoms. The van der Waals surface area contributed by atoms with E-state index in [9.17, 15) is 16.8 Å². The van der Waals surface area contributed by atoms with Crippen molar-refractivity contribution in [2.75, 3.05) is 23.3 Å². The van der Waals surface area contributed by atoms with E-state index in [4.69, 9.17) is 4.74 Å². The second kappa shape index (κ2) is 8.65. The second-order valence-electron chi connectivity index (χ2n) is 6.87. The summed E-state index contributed by atoms with van der Waals surface area (Å²) in [6, 6.07) is 13.5. The molecule has 0 radical (unpaired) electrons. The topological polar surface area (TPSA) is 105 Å². The maximum atomic E-state index is 12.8. The predicted molar refractivity (Wildman–Crippen MR) is 118 cm³/mol. The molecule has 1 aliphatic heterocycles. The highest BCUT2D eigenvalue weighted by Crippen LogP contribution is 2.37. The van der Waals surface area contributed by atoms with Crippen LogP contribution in [0.2, 0.25) is 0 Å². The van der Waals surface area contributed by atoms with Crippen LogP contribution in [0.4, 0.5) is 5.69 Å². The van der Waals surface area contributed by atoms with Crippen LogP contribution in [-0.4, -0.2) is 45.6 Å². The third-order valence-electron chi connectivity index (χ3n) is 4.61. The molecule has 0 amide bonds. The molecule has 2 aromatic carbocycles. The minimum absolute atomic E-state index is 0.103. The lowest BCUT2D eigenvalue weighted by molar-refractivity contribution is 0.336. The zero-order chi connectivity index (χ0) is 21.9. The highest BCUT2D eigenvalue weighted by Gasteiger charge is 2.36. The van der Waals surface area contributed by atoms with Gasteiger partial charge in [0.2, 0.25) is 20.0 Å². The molecule has 0 spiro atoms. The number of para-hydroxylation sites is 1. The van der Waals surface area contributed by atoms with Gasteiger partial charge in [0.05, 0.1) is 36.1 Å². The fourth-order valence-electron chi connectivity index (χ4n) is 3.29. The van der Waals surface area contributed by atoms with Crippen molar-refractivity contribution >= 4 is 31.4 Å². The van der Waals surface area contributed by atoms with E-state index in [1.165, 1.54) is 0 Å². The van der Waals surface area contributed by atoms with E-state index in [1.807, 2.05) is 31.2 Å². The standard InChI is InChI=1S/C20H25N3O5S2/c1-4-28-16-10-8-9-15(13-16)20-14-19(21-23(20)30(26,27)5-2)17-11-6-7-12-18(17)22-29(3,24)25/h6-13,20,22H,4-5,14H2,1-3H3/t20-/m0/s1. The summed E-state index contributed by atoms with van der Waals surface area (Å²) in [6.45, 7) is 3.94. The van der Waals surface area contributed by atoms with Gasteiger partial charge in [-0.25, -0.2) is 16.8 Å². The lowest BCUT2D eigenvalue weighted by Gasteiger charge is -2.23. The summed E-state index contributed by atoms with van der Waals surface area (Å²) < 4.78 is 58.2. The Hall–Kier alpha value is -2.59. The average Bonchev–Trinajstić information content (AvgIpc) is 3.14. The maximum absolute atomic E-state index is 12.8. The molecule has 0 fully saturated rings. The maximum Gasteiger partial charge on any atom is 0.250 e. The van der Waals surface area contributed by atoms with Crippen molar-refractivity contribution in [3.8, 4) is 5.75 Å². The Balaban J connectivity index is 2.05. The molecule has 162 valence electrons. The van der Waals surface area contributed by atoms with E-state index >= 15 is 0 Å². The molecule has 1 heterocycles. The molecule has 30 heavy (non-hydrogen) atoms. The number of nitrogens with one attached hydrogen (secondary N) is 1. The lowest BCUT2D eigenvalue weighted by atomic mass is 9.98. The number of hydrazone groups is 1. The highest BCUT2D eigenvalue weighted by molar-refractivity contribution is 7.92. The first-order valence-electron chi connectivity index (χ1n) is 9.54. The Kier molecular flexibility index (Phi) is 6.37. The number of anilines is 1. The van der Waals surface area contributed by atoms with Crippen LogP contribution in [0.1, 0.15) is 37.4 Å². The van der Waals surface area contributed by atoms with Crippen molar-refractivity contribution in [1.82, 2.24) is 4.41 Å². The lowest BCUT2D eigenvalue weighted by Crippen LogP contribution is -2.28. The van der Waals surface area contributed by atoms with Gasteiger partial charge in [-0.05, 0) is 37.6 Å². The Labute approximate surface area is 177 Å². The van der Waals surface area contributed by atoms with Gasteiger partial charge >= 0.3 is 0 Å². The van der Waals surface area contributed by atoms with Crippen LogP contribution in [-0.2, 0) is 20.0 Å².